The molecule has 33 heavy (non-hydrogen) atoms. The number of nitrogens with one attached hydrogen (secondary N) is 1. The first-order valence-electron chi connectivity index (χ1n) is 11.9. The molecule has 170 valence electrons. The summed E-state index contributed by atoms with van der Waals surface area (Å²) in [7, 11) is 0. The van der Waals surface area contributed by atoms with Crippen LogP contribution in [0.25, 0.3) is 0 Å². The number of hydrogen-bond donors (Lipinski definition) is 1. The van der Waals surface area contributed by atoms with Crippen molar-refractivity contribution >= 4 is 29.1 Å². The van der Waals surface area contributed by atoms with E-state index in [1.54, 1.807) is 12.1 Å². The lowest BCUT2D eigenvalue weighted by Gasteiger charge is -2.44. The number of carbonyl (C=O) groups is 2. The second-order valence-corrected chi connectivity index (χ2v) is 9.66. The molecule has 1 fully saturated rings. The highest BCUT2D eigenvalue weighted by Gasteiger charge is 2.42. The van der Waals surface area contributed by atoms with Crippen LogP contribution in [0, 0.1) is 11.8 Å². The number of allylic oxidation sites excluding steroid dienone is 3. The van der Waals surface area contributed by atoms with E-state index in [0.717, 1.165) is 37.8 Å². The van der Waals surface area contributed by atoms with Crippen LogP contribution in [0.3, 0.4) is 0 Å². The van der Waals surface area contributed by atoms with Crippen molar-refractivity contribution in [1.29, 1.82) is 0 Å². The van der Waals surface area contributed by atoms with Gasteiger partial charge in [-0.3, -0.25) is 9.59 Å². The summed E-state index contributed by atoms with van der Waals surface area (Å²) in [6.07, 6.45) is 14.1. The topological polar surface area (TPSA) is 49.4 Å². The van der Waals surface area contributed by atoms with Crippen LogP contribution >= 0.6 is 11.6 Å². The fourth-order valence-corrected chi connectivity index (χ4v) is 5.81. The first-order chi connectivity index (χ1) is 16.1. The smallest absolute Gasteiger partial charge is 0.255 e. The number of fused-ring (bicyclic) bond motifs is 1. The van der Waals surface area contributed by atoms with Crippen molar-refractivity contribution in [3.63, 3.8) is 0 Å². The minimum atomic E-state index is -0.278. The number of likely N-dealkylation sites (tertiary alicyclic amines) is 1. The molecule has 1 N–H and O–H groups in total. The summed E-state index contributed by atoms with van der Waals surface area (Å²) in [4.78, 5) is 29.1. The SMILES string of the molecule is O=C(Nc1ccc2c(c1)CCC2)C1CCCN(C(=O)c2ccccc2Cl)C1[C@@H]1C=CC=CC1. The van der Waals surface area contributed by atoms with Gasteiger partial charge in [0.2, 0.25) is 5.91 Å². The van der Waals surface area contributed by atoms with E-state index in [1.165, 1.54) is 17.5 Å². The number of piperidine rings is 1. The Morgan fingerprint density at radius 3 is 2.67 bits per heavy atom. The van der Waals surface area contributed by atoms with Crippen molar-refractivity contribution in [2.75, 3.05) is 11.9 Å². The lowest BCUT2D eigenvalue weighted by Crippen LogP contribution is -2.55. The number of amides is 2. The molecular formula is C28H29ClN2O2. The summed E-state index contributed by atoms with van der Waals surface area (Å²) >= 11 is 6.37. The molecule has 1 saturated heterocycles. The van der Waals surface area contributed by atoms with Crippen LogP contribution in [0.5, 0.6) is 0 Å². The largest absolute Gasteiger partial charge is 0.334 e. The Labute approximate surface area is 200 Å². The van der Waals surface area contributed by atoms with Gasteiger partial charge in [0.05, 0.1) is 22.5 Å². The Morgan fingerprint density at radius 1 is 1.00 bits per heavy atom. The van der Waals surface area contributed by atoms with Gasteiger partial charge in [-0.2, -0.15) is 0 Å². The summed E-state index contributed by atoms with van der Waals surface area (Å²) < 4.78 is 0. The molecule has 0 aromatic heterocycles. The van der Waals surface area contributed by atoms with Crippen LogP contribution < -0.4 is 5.32 Å². The highest BCUT2D eigenvalue weighted by molar-refractivity contribution is 6.33. The maximum atomic E-state index is 13.6. The zero-order valence-corrected chi connectivity index (χ0v) is 19.4. The predicted octanol–water partition coefficient (Wildman–Crippen LogP) is 5.82. The molecule has 5 rings (SSSR count). The first-order valence-corrected chi connectivity index (χ1v) is 12.3. The molecule has 5 heteroatoms. The molecule has 0 spiro atoms. The number of nitrogens with zero attached hydrogens (tertiary/aromatic N) is 1. The highest BCUT2D eigenvalue weighted by Crippen LogP contribution is 2.36. The van der Waals surface area contributed by atoms with Crippen molar-refractivity contribution < 1.29 is 9.59 Å². The van der Waals surface area contributed by atoms with Gasteiger partial charge in [-0.1, -0.05) is 54.1 Å². The van der Waals surface area contributed by atoms with E-state index in [0.29, 0.717) is 17.1 Å². The van der Waals surface area contributed by atoms with Gasteiger partial charge in [-0.05, 0) is 73.9 Å². The van der Waals surface area contributed by atoms with Crippen LogP contribution in [-0.2, 0) is 17.6 Å². The number of halogens is 1. The summed E-state index contributed by atoms with van der Waals surface area (Å²) in [5.74, 6) is -0.279. The van der Waals surface area contributed by atoms with E-state index < -0.39 is 0 Å². The normalized spacial score (nSPS) is 23.9. The lowest BCUT2D eigenvalue weighted by molar-refractivity contribution is -0.123. The molecule has 2 aromatic rings. The molecule has 4 nitrogen and oxygen atoms in total. The Bertz CT molecular complexity index is 1120. The molecular weight excluding hydrogens is 432 g/mol. The van der Waals surface area contributed by atoms with E-state index in [-0.39, 0.29) is 29.7 Å². The van der Waals surface area contributed by atoms with Crippen LogP contribution in [-0.4, -0.2) is 29.3 Å². The monoisotopic (exact) mass is 460 g/mol. The van der Waals surface area contributed by atoms with Crippen LogP contribution in [0.2, 0.25) is 5.02 Å². The Balaban J connectivity index is 1.43. The van der Waals surface area contributed by atoms with Crippen molar-refractivity contribution in [2.24, 2.45) is 11.8 Å². The molecule has 1 heterocycles. The van der Waals surface area contributed by atoms with E-state index in [1.807, 2.05) is 35.3 Å². The van der Waals surface area contributed by atoms with Gasteiger partial charge in [0.15, 0.2) is 0 Å². The number of rotatable bonds is 4. The summed E-state index contributed by atoms with van der Waals surface area (Å²) in [5, 5.41) is 3.63. The van der Waals surface area contributed by atoms with Gasteiger partial charge >= 0.3 is 0 Å². The van der Waals surface area contributed by atoms with E-state index in [4.69, 9.17) is 11.6 Å². The number of aryl methyl sites for hydroxylation is 2. The van der Waals surface area contributed by atoms with Gasteiger partial charge in [-0.15, -0.1) is 0 Å². The maximum absolute atomic E-state index is 13.6. The Kier molecular flexibility index (Phi) is 6.37. The molecule has 2 aliphatic carbocycles. The average Bonchev–Trinajstić information content (AvgIpc) is 3.32. The minimum Gasteiger partial charge on any atom is -0.334 e. The van der Waals surface area contributed by atoms with Gasteiger partial charge < -0.3 is 10.2 Å². The van der Waals surface area contributed by atoms with Crippen molar-refractivity contribution in [2.45, 2.75) is 44.6 Å². The van der Waals surface area contributed by atoms with E-state index in [2.05, 4.69) is 29.6 Å². The highest BCUT2D eigenvalue weighted by atomic mass is 35.5. The molecule has 2 unspecified atom stereocenters. The third kappa shape index (κ3) is 4.49. The molecule has 3 atom stereocenters. The Hall–Kier alpha value is -2.85. The van der Waals surface area contributed by atoms with Gasteiger partial charge in [0.25, 0.3) is 5.91 Å². The van der Waals surface area contributed by atoms with Crippen LogP contribution in [0.15, 0.2) is 66.8 Å². The fourth-order valence-electron chi connectivity index (χ4n) is 5.60. The van der Waals surface area contributed by atoms with Gasteiger partial charge in [0.1, 0.15) is 0 Å². The number of benzene rings is 2. The van der Waals surface area contributed by atoms with Crippen molar-refractivity contribution in [3.05, 3.63) is 88.5 Å². The lowest BCUT2D eigenvalue weighted by atomic mass is 9.77. The average molecular weight is 461 g/mol. The van der Waals surface area contributed by atoms with Crippen molar-refractivity contribution in [3.8, 4) is 0 Å². The third-order valence-electron chi connectivity index (χ3n) is 7.21. The molecule has 3 aliphatic rings. The number of carbonyl (C=O) groups excluding carboxylic acids is 2. The molecule has 0 saturated carbocycles. The molecule has 0 radical (unpaired) electrons. The fraction of sp³-hybridized carbons (Fsp3) is 0.357. The summed E-state index contributed by atoms with van der Waals surface area (Å²) in [5.41, 5.74) is 4.08. The molecule has 0 bridgehead atoms. The Morgan fingerprint density at radius 2 is 1.85 bits per heavy atom. The number of anilines is 1. The minimum absolute atomic E-state index is 0.00226. The maximum Gasteiger partial charge on any atom is 0.255 e. The first kappa shape index (κ1) is 22.0. The summed E-state index contributed by atoms with van der Waals surface area (Å²) in [6.45, 7) is 0.630. The quantitative estimate of drug-likeness (QED) is 0.624. The third-order valence-corrected chi connectivity index (χ3v) is 7.54. The second-order valence-electron chi connectivity index (χ2n) is 9.26. The predicted molar refractivity (Wildman–Crippen MR) is 132 cm³/mol. The zero-order chi connectivity index (χ0) is 22.8. The van der Waals surface area contributed by atoms with Gasteiger partial charge in [-0.25, -0.2) is 0 Å². The van der Waals surface area contributed by atoms with Gasteiger partial charge in [0, 0.05) is 18.2 Å². The molecule has 1 aliphatic heterocycles. The molecule has 2 amide bonds. The number of hydrogen-bond acceptors (Lipinski definition) is 2. The van der Waals surface area contributed by atoms with Crippen LogP contribution in [0.1, 0.15) is 47.2 Å². The van der Waals surface area contributed by atoms with E-state index in [9.17, 15) is 9.59 Å². The standard InChI is InChI=1S/C28H29ClN2O2/c29-25-14-5-4-12-23(25)28(33)31-17-7-13-24(26(31)20-8-2-1-3-9-20)27(32)30-22-16-15-19-10-6-11-21(19)18-22/h1-5,8,12,14-16,18,20,24,26H,6-7,9-11,13,17H2,(H,30,32)/t20-,24?,26?/m1/s1. The summed E-state index contributed by atoms with van der Waals surface area (Å²) in [6, 6.07) is 13.2. The van der Waals surface area contributed by atoms with Crippen molar-refractivity contribution in [1.82, 2.24) is 4.90 Å². The zero-order valence-electron chi connectivity index (χ0n) is 18.7. The van der Waals surface area contributed by atoms with E-state index >= 15 is 0 Å². The molecule has 2 aromatic carbocycles. The second kappa shape index (κ2) is 9.56. The van der Waals surface area contributed by atoms with Crippen LogP contribution in [0.4, 0.5) is 5.69 Å².